The number of benzene rings is 2. The lowest BCUT2D eigenvalue weighted by Crippen LogP contribution is -2.53. The first-order chi connectivity index (χ1) is 24.2. The number of phenols is 1. The zero-order valence-electron chi connectivity index (χ0n) is 27.2. The van der Waals surface area contributed by atoms with Gasteiger partial charge >= 0.3 is 6.18 Å². The van der Waals surface area contributed by atoms with E-state index in [0.29, 0.717) is 40.4 Å². The fourth-order valence-corrected chi connectivity index (χ4v) is 8.91. The summed E-state index contributed by atoms with van der Waals surface area (Å²) in [4.78, 5) is 62.5. The predicted octanol–water partition coefficient (Wildman–Crippen LogP) is 6.52. The van der Waals surface area contributed by atoms with Crippen molar-refractivity contribution in [1.29, 1.82) is 0 Å². The number of rotatable bonds is 7. The second kappa shape index (κ2) is 12.6. The van der Waals surface area contributed by atoms with Crippen molar-refractivity contribution in [1.82, 2.24) is 14.9 Å². The van der Waals surface area contributed by atoms with Gasteiger partial charge in [-0.25, -0.2) is 4.98 Å². The fraction of sp³-hybridized carbons (Fsp3) is 0.361. The van der Waals surface area contributed by atoms with E-state index in [-0.39, 0.29) is 48.5 Å². The predicted molar refractivity (Wildman–Crippen MR) is 179 cm³/mol. The molecule has 3 fully saturated rings. The lowest BCUT2D eigenvalue weighted by atomic mass is 9.49. The molecular formula is C36H31Cl2F3N4O6. The van der Waals surface area contributed by atoms with Gasteiger partial charge in [0.2, 0.25) is 11.8 Å². The van der Waals surface area contributed by atoms with Gasteiger partial charge in [-0.05, 0) is 55.0 Å². The number of carbonyl (C=O) groups excluding carboxylic acids is 4. The normalized spacial score (nSPS) is 27.3. The number of nitrogens with zero attached hydrogens (tertiary/aromatic N) is 3. The minimum absolute atomic E-state index is 0.0115. The van der Waals surface area contributed by atoms with Crippen LogP contribution in [0.3, 0.4) is 0 Å². The van der Waals surface area contributed by atoms with Crippen LogP contribution in [-0.2, 0) is 30.8 Å². The number of ether oxygens (including phenoxy) is 1. The summed E-state index contributed by atoms with van der Waals surface area (Å²) in [6.07, 6.45) is -1.57. The second-order valence-corrected chi connectivity index (χ2v) is 14.0. The SMILES string of the molecule is CCCN1C(=O)[C@H]2[C@H](CC=C3[C@H]2C[C@H]2C(=O)N(Nc4ncc(C(F)(F)F)cc4Cl)C(=O)[C@@]2(c2ccc(Cl)cc2)[C@H]3c2ccc(O)cc2OC)C1=O. The zero-order chi connectivity index (χ0) is 36.6. The number of hydrogen-bond donors (Lipinski definition) is 2. The van der Waals surface area contributed by atoms with Crippen LogP contribution in [0.5, 0.6) is 11.5 Å². The Bertz CT molecular complexity index is 2010. The highest BCUT2D eigenvalue weighted by molar-refractivity contribution is 6.33. The van der Waals surface area contributed by atoms with E-state index in [1.807, 2.05) is 13.0 Å². The summed E-state index contributed by atoms with van der Waals surface area (Å²) >= 11 is 12.5. The van der Waals surface area contributed by atoms with Crippen molar-refractivity contribution in [2.24, 2.45) is 23.7 Å². The molecule has 2 N–H and O–H groups in total. The quantitative estimate of drug-likeness (QED) is 0.207. The van der Waals surface area contributed by atoms with E-state index in [2.05, 4.69) is 10.4 Å². The third-order valence-corrected chi connectivity index (χ3v) is 11.2. The molecule has 7 rings (SSSR count). The van der Waals surface area contributed by atoms with Gasteiger partial charge in [0.15, 0.2) is 5.82 Å². The standard InChI is InChI=1S/C36H31Cl2F3N4O6/c1-3-12-44-31(47)23-11-10-21-24(28(23)33(44)49)15-25-32(48)45(43-30-26(38)13-18(16-42-30)36(39,40)41)34(50)35(25,17-4-6-19(37)7-5-17)29(21)22-9-8-20(46)14-27(22)51-2/h4-10,13-14,16,23-25,28-29,46H,3,11-12,15H2,1-2H3,(H,42,43)/t23-,24+,25-,28-,29+,35+/m0/s1. The Labute approximate surface area is 300 Å². The van der Waals surface area contributed by atoms with E-state index in [4.69, 9.17) is 27.9 Å². The number of aromatic hydroxyl groups is 1. The number of hydrogen-bond acceptors (Lipinski definition) is 8. The molecule has 1 aromatic heterocycles. The first kappa shape index (κ1) is 34.8. The summed E-state index contributed by atoms with van der Waals surface area (Å²) in [7, 11) is 1.39. The highest BCUT2D eigenvalue weighted by Crippen LogP contribution is 2.65. The Balaban J connectivity index is 1.45. The van der Waals surface area contributed by atoms with E-state index < -0.39 is 63.6 Å². The topological polar surface area (TPSA) is 129 Å². The molecule has 0 bridgehead atoms. The number of phenolic OH excluding ortho intramolecular Hbond substituents is 1. The first-order valence-corrected chi connectivity index (χ1v) is 17.0. The van der Waals surface area contributed by atoms with Gasteiger partial charge in [0.1, 0.15) is 11.5 Å². The Hall–Kier alpha value is -4.62. The van der Waals surface area contributed by atoms with E-state index >= 15 is 4.79 Å². The molecule has 0 radical (unpaired) electrons. The van der Waals surface area contributed by atoms with Gasteiger partial charge in [-0.1, -0.05) is 60.0 Å². The van der Waals surface area contributed by atoms with Crippen molar-refractivity contribution in [2.45, 2.75) is 43.7 Å². The van der Waals surface area contributed by atoms with Gasteiger partial charge < -0.3 is 9.84 Å². The van der Waals surface area contributed by atoms with Crippen molar-refractivity contribution in [2.75, 3.05) is 19.1 Å². The van der Waals surface area contributed by atoms with E-state index in [0.717, 1.165) is 5.01 Å². The highest BCUT2D eigenvalue weighted by atomic mass is 35.5. The van der Waals surface area contributed by atoms with Crippen LogP contribution in [0.2, 0.25) is 10.0 Å². The highest BCUT2D eigenvalue weighted by Gasteiger charge is 2.70. The summed E-state index contributed by atoms with van der Waals surface area (Å²) in [5.74, 6) is -6.66. The summed E-state index contributed by atoms with van der Waals surface area (Å²) in [5.41, 5.74) is 1.23. The van der Waals surface area contributed by atoms with Crippen molar-refractivity contribution >= 4 is 52.6 Å². The van der Waals surface area contributed by atoms with Crippen LogP contribution < -0.4 is 10.2 Å². The lowest BCUT2D eigenvalue weighted by molar-refractivity contribution is -0.141. The van der Waals surface area contributed by atoms with Crippen molar-refractivity contribution in [3.8, 4) is 11.5 Å². The number of anilines is 1. The first-order valence-electron chi connectivity index (χ1n) is 16.3. The van der Waals surface area contributed by atoms with Crippen molar-refractivity contribution < 1.29 is 42.2 Å². The molecule has 4 amide bonds. The number of allylic oxidation sites excluding steroid dienone is 2. The smallest absolute Gasteiger partial charge is 0.417 e. The maximum atomic E-state index is 15.2. The molecule has 10 nitrogen and oxygen atoms in total. The van der Waals surface area contributed by atoms with E-state index in [1.165, 1.54) is 24.1 Å². The molecule has 3 aromatic rings. The number of pyridine rings is 1. The summed E-state index contributed by atoms with van der Waals surface area (Å²) in [6, 6.07) is 11.5. The molecule has 6 atom stereocenters. The van der Waals surface area contributed by atoms with Crippen LogP contribution in [0.15, 0.2) is 66.4 Å². The maximum absolute atomic E-state index is 15.2. The molecule has 2 saturated heterocycles. The summed E-state index contributed by atoms with van der Waals surface area (Å²) < 4.78 is 46.0. The van der Waals surface area contributed by atoms with Gasteiger partial charge in [0, 0.05) is 35.3 Å². The van der Waals surface area contributed by atoms with Crippen molar-refractivity contribution in [3.63, 3.8) is 0 Å². The Morgan fingerprint density at radius 1 is 1.02 bits per heavy atom. The van der Waals surface area contributed by atoms with Gasteiger partial charge in [-0.2, -0.15) is 18.2 Å². The molecular weight excluding hydrogens is 712 g/mol. The Morgan fingerprint density at radius 3 is 2.39 bits per heavy atom. The van der Waals surface area contributed by atoms with Crippen LogP contribution >= 0.6 is 23.2 Å². The summed E-state index contributed by atoms with van der Waals surface area (Å²) in [5, 5.41) is 11.0. The number of amides is 4. The van der Waals surface area contributed by atoms with Crippen LogP contribution in [0.1, 0.15) is 48.8 Å². The average molecular weight is 744 g/mol. The molecule has 51 heavy (non-hydrogen) atoms. The number of methoxy groups -OCH3 is 1. The van der Waals surface area contributed by atoms with E-state index in [9.17, 15) is 32.7 Å². The number of fused-ring (bicyclic) bond motifs is 4. The molecule has 1 saturated carbocycles. The third-order valence-electron chi connectivity index (χ3n) is 10.6. The van der Waals surface area contributed by atoms with Crippen LogP contribution in [0, 0.1) is 23.7 Å². The molecule has 2 aliphatic heterocycles. The Kier molecular flexibility index (Phi) is 8.57. The van der Waals surface area contributed by atoms with Crippen LogP contribution in [0.25, 0.3) is 0 Å². The van der Waals surface area contributed by atoms with Gasteiger partial charge in [0.25, 0.3) is 11.8 Å². The van der Waals surface area contributed by atoms with Gasteiger partial charge in [-0.15, -0.1) is 0 Å². The fourth-order valence-electron chi connectivity index (χ4n) is 8.57. The number of aromatic nitrogens is 1. The monoisotopic (exact) mass is 742 g/mol. The van der Waals surface area contributed by atoms with Crippen LogP contribution in [-0.4, -0.2) is 57.3 Å². The number of hydrazine groups is 1. The van der Waals surface area contributed by atoms with Gasteiger partial charge in [-0.3, -0.25) is 29.5 Å². The molecule has 4 aliphatic rings. The molecule has 3 heterocycles. The number of likely N-dealkylation sites (tertiary alicyclic amines) is 1. The number of nitrogens with one attached hydrogen (secondary N) is 1. The van der Waals surface area contributed by atoms with E-state index in [1.54, 1.807) is 30.3 Å². The van der Waals surface area contributed by atoms with Crippen molar-refractivity contribution in [3.05, 3.63) is 93.1 Å². The third kappa shape index (κ3) is 5.26. The largest absolute Gasteiger partial charge is 0.508 e. The van der Waals surface area contributed by atoms with Crippen LogP contribution in [0.4, 0.5) is 19.0 Å². The molecule has 15 heteroatoms. The lowest BCUT2D eigenvalue weighted by Gasteiger charge is -2.50. The Morgan fingerprint density at radius 2 is 1.75 bits per heavy atom. The summed E-state index contributed by atoms with van der Waals surface area (Å²) in [6.45, 7) is 2.11. The molecule has 266 valence electrons. The number of carbonyl (C=O) groups is 4. The minimum atomic E-state index is -4.74. The zero-order valence-corrected chi connectivity index (χ0v) is 28.7. The molecule has 0 unspecified atom stereocenters. The number of alkyl halides is 3. The number of halogens is 5. The second-order valence-electron chi connectivity index (χ2n) is 13.2. The molecule has 0 spiro atoms. The average Bonchev–Trinajstić information content (AvgIpc) is 3.46. The number of imide groups is 2. The molecule has 2 aliphatic carbocycles. The maximum Gasteiger partial charge on any atom is 0.417 e. The minimum Gasteiger partial charge on any atom is -0.508 e. The van der Waals surface area contributed by atoms with Gasteiger partial charge in [0.05, 0.1) is 40.9 Å². The molecule has 2 aromatic carbocycles.